The van der Waals surface area contributed by atoms with Gasteiger partial charge in [0.25, 0.3) is 0 Å². The second kappa shape index (κ2) is 4.55. The van der Waals surface area contributed by atoms with Gasteiger partial charge in [-0.2, -0.15) is 0 Å². The summed E-state index contributed by atoms with van der Waals surface area (Å²) in [4.78, 5) is 12.4. The molecule has 0 bridgehead atoms. The fourth-order valence-electron chi connectivity index (χ4n) is 1.99. The molecule has 1 aromatic heterocycles. The van der Waals surface area contributed by atoms with Gasteiger partial charge in [0.15, 0.2) is 0 Å². The SMILES string of the molecule is O=c1c(-c2ccc(Br)cc2)coc2cccc(O)c12. The Balaban J connectivity index is 2.32. The lowest BCUT2D eigenvalue weighted by Gasteiger charge is -2.04. The molecule has 19 heavy (non-hydrogen) atoms. The molecule has 0 amide bonds. The molecule has 0 atom stereocenters. The molecule has 0 fully saturated rings. The third-order valence-corrected chi connectivity index (χ3v) is 3.46. The van der Waals surface area contributed by atoms with E-state index in [4.69, 9.17) is 4.42 Å². The van der Waals surface area contributed by atoms with E-state index in [0.717, 1.165) is 10.0 Å². The Morgan fingerprint density at radius 1 is 1.05 bits per heavy atom. The van der Waals surface area contributed by atoms with Gasteiger partial charge in [0, 0.05) is 4.47 Å². The van der Waals surface area contributed by atoms with Gasteiger partial charge in [-0.15, -0.1) is 0 Å². The molecule has 0 radical (unpaired) electrons. The first-order valence-electron chi connectivity index (χ1n) is 5.66. The van der Waals surface area contributed by atoms with Gasteiger partial charge in [-0.05, 0) is 29.8 Å². The number of hydrogen-bond donors (Lipinski definition) is 1. The number of rotatable bonds is 1. The molecule has 0 aliphatic carbocycles. The van der Waals surface area contributed by atoms with Crippen molar-refractivity contribution in [1.82, 2.24) is 0 Å². The van der Waals surface area contributed by atoms with Gasteiger partial charge in [0.1, 0.15) is 23.0 Å². The summed E-state index contributed by atoms with van der Waals surface area (Å²) in [7, 11) is 0. The normalized spacial score (nSPS) is 10.8. The molecule has 0 saturated heterocycles. The molecular weight excluding hydrogens is 308 g/mol. The second-order valence-corrected chi connectivity index (χ2v) is 5.05. The van der Waals surface area contributed by atoms with Crippen molar-refractivity contribution in [1.29, 1.82) is 0 Å². The number of phenolic OH excluding ortho intramolecular Hbond substituents is 1. The van der Waals surface area contributed by atoms with Crippen LogP contribution in [0.5, 0.6) is 5.75 Å². The van der Waals surface area contributed by atoms with Crippen LogP contribution in [0.1, 0.15) is 0 Å². The summed E-state index contributed by atoms with van der Waals surface area (Å²) in [5.74, 6) is -0.0646. The van der Waals surface area contributed by atoms with Gasteiger partial charge in [-0.1, -0.05) is 34.1 Å². The van der Waals surface area contributed by atoms with Gasteiger partial charge in [0.05, 0.1) is 5.56 Å². The summed E-state index contributed by atoms with van der Waals surface area (Å²) in [5.41, 5.74) is 1.33. The summed E-state index contributed by atoms with van der Waals surface area (Å²) in [6.45, 7) is 0. The first kappa shape index (κ1) is 12.0. The molecule has 4 heteroatoms. The first-order chi connectivity index (χ1) is 9.16. The molecular formula is C15H9BrO3. The van der Waals surface area contributed by atoms with Crippen molar-refractivity contribution in [2.45, 2.75) is 0 Å². The highest BCUT2D eigenvalue weighted by Gasteiger charge is 2.11. The van der Waals surface area contributed by atoms with Crippen LogP contribution >= 0.6 is 15.9 Å². The van der Waals surface area contributed by atoms with Crippen LogP contribution in [0, 0.1) is 0 Å². The highest BCUT2D eigenvalue weighted by molar-refractivity contribution is 9.10. The number of aromatic hydroxyl groups is 1. The fourth-order valence-corrected chi connectivity index (χ4v) is 2.25. The van der Waals surface area contributed by atoms with Crippen molar-refractivity contribution >= 4 is 26.9 Å². The quantitative estimate of drug-likeness (QED) is 0.740. The zero-order valence-corrected chi connectivity index (χ0v) is 11.3. The number of fused-ring (bicyclic) bond motifs is 1. The van der Waals surface area contributed by atoms with Crippen molar-refractivity contribution < 1.29 is 9.52 Å². The van der Waals surface area contributed by atoms with Gasteiger partial charge in [-0.3, -0.25) is 4.79 Å². The molecule has 0 aliphatic rings. The fraction of sp³-hybridized carbons (Fsp3) is 0. The van der Waals surface area contributed by atoms with Crippen LogP contribution in [0.4, 0.5) is 0 Å². The minimum absolute atomic E-state index is 0.0646. The molecule has 3 rings (SSSR count). The van der Waals surface area contributed by atoms with E-state index in [9.17, 15) is 9.90 Å². The van der Waals surface area contributed by atoms with Gasteiger partial charge >= 0.3 is 0 Å². The van der Waals surface area contributed by atoms with E-state index in [1.165, 1.54) is 12.3 Å². The summed E-state index contributed by atoms with van der Waals surface area (Å²) in [6.07, 6.45) is 1.42. The van der Waals surface area contributed by atoms with Crippen LogP contribution in [0.2, 0.25) is 0 Å². The van der Waals surface area contributed by atoms with E-state index in [2.05, 4.69) is 15.9 Å². The number of halogens is 1. The Kier molecular flexibility index (Phi) is 2.87. The van der Waals surface area contributed by atoms with Gasteiger partial charge in [-0.25, -0.2) is 0 Å². The van der Waals surface area contributed by atoms with Crippen LogP contribution < -0.4 is 5.43 Å². The predicted molar refractivity (Wildman–Crippen MR) is 77.3 cm³/mol. The van der Waals surface area contributed by atoms with Crippen LogP contribution in [-0.4, -0.2) is 5.11 Å². The topological polar surface area (TPSA) is 50.4 Å². The van der Waals surface area contributed by atoms with Gasteiger partial charge < -0.3 is 9.52 Å². The molecule has 94 valence electrons. The Bertz CT molecular complexity index is 804. The Morgan fingerprint density at radius 2 is 1.79 bits per heavy atom. The first-order valence-corrected chi connectivity index (χ1v) is 6.45. The highest BCUT2D eigenvalue weighted by Crippen LogP contribution is 2.25. The molecule has 0 unspecified atom stereocenters. The third kappa shape index (κ3) is 2.04. The molecule has 2 aromatic carbocycles. The maximum absolute atomic E-state index is 12.4. The summed E-state index contributed by atoms with van der Waals surface area (Å²) in [5, 5.41) is 10.0. The van der Waals surface area contributed by atoms with Crippen LogP contribution in [-0.2, 0) is 0 Å². The molecule has 0 aliphatic heterocycles. The monoisotopic (exact) mass is 316 g/mol. The van der Waals surface area contributed by atoms with Crippen molar-refractivity contribution in [2.75, 3.05) is 0 Å². The zero-order chi connectivity index (χ0) is 13.4. The predicted octanol–water partition coefficient (Wildman–Crippen LogP) is 3.93. The van der Waals surface area contributed by atoms with Crippen molar-refractivity contribution in [3.8, 4) is 16.9 Å². The van der Waals surface area contributed by atoms with Crippen molar-refractivity contribution in [3.63, 3.8) is 0 Å². The Hall–Kier alpha value is -2.07. The lowest BCUT2D eigenvalue weighted by Crippen LogP contribution is -2.04. The lowest BCUT2D eigenvalue weighted by atomic mass is 10.1. The standard InChI is InChI=1S/C15H9BrO3/c16-10-6-4-9(5-7-10)11-8-19-13-3-1-2-12(17)14(13)15(11)18/h1-8,17H. The van der Waals surface area contributed by atoms with Crippen LogP contribution in [0.3, 0.4) is 0 Å². The molecule has 1 heterocycles. The van der Waals surface area contributed by atoms with E-state index in [-0.39, 0.29) is 16.6 Å². The third-order valence-electron chi connectivity index (χ3n) is 2.93. The largest absolute Gasteiger partial charge is 0.507 e. The highest BCUT2D eigenvalue weighted by atomic mass is 79.9. The molecule has 3 aromatic rings. The van der Waals surface area contributed by atoms with Crippen molar-refractivity contribution in [2.24, 2.45) is 0 Å². The summed E-state index contributed by atoms with van der Waals surface area (Å²) < 4.78 is 6.35. The number of phenols is 1. The second-order valence-electron chi connectivity index (χ2n) is 4.14. The average Bonchev–Trinajstić information content (AvgIpc) is 2.40. The van der Waals surface area contributed by atoms with E-state index >= 15 is 0 Å². The van der Waals surface area contributed by atoms with E-state index < -0.39 is 0 Å². The van der Waals surface area contributed by atoms with E-state index in [0.29, 0.717) is 11.1 Å². The smallest absolute Gasteiger partial charge is 0.204 e. The Morgan fingerprint density at radius 3 is 2.53 bits per heavy atom. The zero-order valence-electron chi connectivity index (χ0n) is 9.76. The molecule has 1 N–H and O–H groups in total. The maximum atomic E-state index is 12.4. The molecule has 0 saturated carbocycles. The average molecular weight is 317 g/mol. The molecule has 0 spiro atoms. The van der Waals surface area contributed by atoms with E-state index in [1.807, 2.05) is 24.3 Å². The summed E-state index contributed by atoms with van der Waals surface area (Å²) in [6, 6.07) is 12.1. The molecule has 3 nitrogen and oxygen atoms in total. The Labute approximate surface area is 117 Å². The number of hydrogen-bond acceptors (Lipinski definition) is 3. The van der Waals surface area contributed by atoms with Gasteiger partial charge in [0.2, 0.25) is 5.43 Å². The van der Waals surface area contributed by atoms with Crippen LogP contribution in [0.25, 0.3) is 22.1 Å². The lowest BCUT2D eigenvalue weighted by molar-refractivity contribution is 0.479. The van der Waals surface area contributed by atoms with E-state index in [1.54, 1.807) is 12.1 Å². The minimum Gasteiger partial charge on any atom is -0.507 e. The number of benzene rings is 2. The minimum atomic E-state index is -0.235. The summed E-state index contributed by atoms with van der Waals surface area (Å²) >= 11 is 3.35. The maximum Gasteiger partial charge on any atom is 0.204 e. The van der Waals surface area contributed by atoms with Crippen molar-refractivity contribution in [3.05, 3.63) is 63.4 Å². The van der Waals surface area contributed by atoms with Crippen LogP contribution in [0.15, 0.2) is 62.4 Å².